The Bertz CT molecular complexity index is 969. The predicted octanol–water partition coefficient (Wildman–Crippen LogP) is 4.73. The van der Waals surface area contributed by atoms with E-state index >= 15 is 0 Å². The molecule has 2 aromatic rings. The molecule has 2 amide bonds. The molecular weight excluding hydrogens is 422 g/mol. The Morgan fingerprint density at radius 2 is 1.59 bits per heavy atom. The maximum absolute atomic E-state index is 13.1. The van der Waals surface area contributed by atoms with Crippen molar-refractivity contribution in [2.75, 3.05) is 26.2 Å². The zero-order valence-electron chi connectivity index (χ0n) is 20.0. The maximum Gasteiger partial charge on any atom is 0.317 e. The first-order chi connectivity index (χ1) is 16.7. The number of hydrogen-bond acceptors (Lipinski definition) is 3. The lowest BCUT2D eigenvalue weighted by molar-refractivity contribution is -0.0591. The Morgan fingerprint density at radius 3 is 2.29 bits per heavy atom. The summed E-state index contributed by atoms with van der Waals surface area (Å²) in [4.78, 5) is 17.5. The van der Waals surface area contributed by atoms with Crippen molar-refractivity contribution in [2.24, 2.45) is 0 Å². The first kappa shape index (κ1) is 23.1. The van der Waals surface area contributed by atoms with Crippen LogP contribution in [0.15, 0.2) is 54.6 Å². The van der Waals surface area contributed by atoms with E-state index in [1.165, 1.54) is 29.5 Å². The van der Waals surface area contributed by atoms with Crippen LogP contribution in [-0.2, 0) is 0 Å². The predicted molar refractivity (Wildman–Crippen MR) is 138 cm³/mol. The van der Waals surface area contributed by atoms with E-state index in [9.17, 15) is 9.90 Å². The summed E-state index contributed by atoms with van der Waals surface area (Å²) in [6, 6.07) is 19.9. The lowest BCUT2D eigenvalue weighted by Gasteiger charge is -2.57. The van der Waals surface area contributed by atoms with Crippen LogP contribution in [0.1, 0.15) is 61.1 Å². The Balaban J connectivity index is 1.29. The van der Waals surface area contributed by atoms with Crippen molar-refractivity contribution in [2.45, 2.75) is 62.6 Å². The first-order valence-electron chi connectivity index (χ1n) is 13.0. The van der Waals surface area contributed by atoms with Gasteiger partial charge in [-0.1, -0.05) is 79.6 Å². The molecule has 1 aliphatic carbocycles. The molecule has 1 saturated carbocycles. The van der Waals surface area contributed by atoms with Gasteiger partial charge in [0.05, 0.1) is 6.61 Å². The highest BCUT2D eigenvalue weighted by Crippen LogP contribution is 2.42. The molecule has 34 heavy (non-hydrogen) atoms. The van der Waals surface area contributed by atoms with Gasteiger partial charge in [0.25, 0.3) is 0 Å². The second-order valence-electron chi connectivity index (χ2n) is 10.1. The van der Waals surface area contributed by atoms with Gasteiger partial charge in [-0.2, -0.15) is 0 Å². The van der Waals surface area contributed by atoms with Crippen LogP contribution in [-0.4, -0.2) is 65.3 Å². The zero-order chi connectivity index (χ0) is 23.3. The maximum atomic E-state index is 13.1. The van der Waals surface area contributed by atoms with E-state index in [1.54, 1.807) is 0 Å². The smallest absolute Gasteiger partial charge is 0.317 e. The minimum Gasteiger partial charge on any atom is -0.395 e. The molecule has 3 aliphatic rings. The van der Waals surface area contributed by atoms with E-state index in [0.29, 0.717) is 6.04 Å². The lowest BCUT2D eigenvalue weighted by Crippen LogP contribution is -2.68. The number of hydrogen-bond donors (Lipinski definition) is 2. The quantitative estimate of drug-likeness (QED) is 0.636. The summed E-state index contributed by atoms with van der Waals surface area (Å²) in [6.07, 6.45) is 11.0. The van der Waals surface area contributed by atoms with Crippen molar-refractivity contribution >= 4 is 18.2 Å². The molecule has 2 aromatic carbocycles. The minimum atomic E-state index is 0.0985. The summed E-state index contributed by atoms with van der Waals surface area (Å²) >= 11 is 0. The number of fused-ring (bicyclic) bond motifs is 1. The van der Waals surface area contributed by atoms with Crippen LogP contribution < -0.4 is 5.32 Å². The Labute approximate surface area is 203 Å². The molecular formula is C29H37N3O2. The summed E-state index contributed by atoms with van der Waals surface area (Å²) in [6.45, 7) is 2.71. The third kappa shape index (κ3) is 5.06. The summed E-state index contributed by atoms with van der Waals surface area (Å²) < 4.78 is 0. The van der Waals surface area contributed by atoms with Crippen LogP contribution in [0.25, 0.3) is 12.2 Å². The number of aliphatic hydroxyl groups is 1. The van der Waals surface area contributed by atoms with Crippen molar-refractivity contribution in [3.05, 3.63) is 71.3 Å². The first-order valence-corrected chi connectivity index (χ1v) is 13.0. The number of amides is 2. The van der Waals surface area contributed by atoms with Crippen molar-refractivity contribution in [1.82, 2.24) is 15.1 Å². The highest BCUT2D eigenvalue weighted by atomic mass is 16.3. The van der Waals surface area contributed by atoms with E-state index in [1.807, 2.05) is 23.1 Å². The van der Waals surface area contributed by atoms with Crippen molar-refractivity contribution in [3.8, 4) is 0 Å². The average molecular weight is 460 g/mol. The molecule has 0 aromatic heterocycles. The minimum absolute atomic E-state index is 0.0985. The van der Waals surface area contributed by atoms with E-state index in [0.717, 1.165) is 45.3 Å². The van der Waals surface area contributed by atoms with Gasteiger partial charge in [-0.25, -0.2) is 4.79 Å². The number of carbonyl (C=O) groups excluding carboxylic acids is 1. The van der Waals surface area contributed by atoms with E-state index in [2.05, 4.69) is 58.8 Å². The van der Waals surface area contributed by atoms with Gasteiger partial charge in [0.1, 0.15) is 0 Å². The van der Waals surface area contributed by atoms with Gasteiger partial charge in [-0.15, -0.1) is 0 Å². The molecule has 2 saturated heterocycles. The lowest BCUT2D eigenvalue weighted by atomic mass is 9.74. The van der Waals surface area contributed by atoms with Crippen LogP contribution in [0.4, 0.5) is 4.79 Å². The summed E-state index contributed by atoms with van der Waals surface area (Å²) in [5.41, 5.74) is 3.61. The molecule has 0 radical (unpaired) electrons. The van der Waals surface area contributed by atoms with E-state index < -0.39 is 0 Å². The monoisotopic (exact) mass is 459 g/mol. The Morgan fingerprint density at radius 1 is 0.912 bits per heavy atom. The molecule has 2 heterocycles. The van der Waals surface area contributed by atoms with Gasteiger partial charge in [-0.3, -0.25) is 4.90 Å². The highest BCUT2D eigenvalue weighted by Gasteiger charge is 2.49. The van der Waals surface area contributed by atoms with Gasteiger partial charge in [0, 0.05) is 37.1 Å². The van der Waals surface area contributed by atoms with Gasteiger partial charge in [-0.05, 0) is 48.9 Å². The average Bonchev–Trinajstić information content (AvgIpc) is 3.36. The molecule has 0 bridgehead atoms. The summed E-state index contributed by atoms with van der Waals surface area (Å²) in [5.74, 6) is 0.247. The standard InChI is InChI=1S/C29H37N3O2/c33-21-27-28(24-16-14-23(15-17-24)13-12-22-8-2-1-3-9-22)26-20-31(18-6-7-19-32(26)27)29(34)30-25-10-4-5-11-25/h1-3,8-9,12-17,25-28,33H,4-7,10-11,18-21H2,(H,30,34)/b13-12+/t26-,27+,28-/m1/s1. The molecule has 180 valence electrons. The van der Waals surface area contributed by atoms with Crippen LogP contribution >= 0.6 is 0 Å². The fraction of sp³-hybridized carbons (Fsp3) is 0.483. The number of rotatable bonds is 5. The third-order valence-corrected chi connectivity index (χ3v) is 7.93. The van der Waals surface area contributed by atoms with Gasteiger partial charge in [0.2, 0.25) is 0 Å². The third-order valence-electron chi connectivity index (χ3n) is 7.93. The fourth-order valence-electron chi connectivity index (χ4n) is 6.05. The van der Waals surface area contributed by atoms with Crippen molar-refractivity contribution in [3.63, 3.8) is 0 Å². The van der Waals surface area contributed by atoms with Gasteiger partial charge in [0.15, 0.2) is 0 Å². The van der Waals surface area contributed by atoms with Crippen molar-refractivity contribution in [1.29, 1.82) is 0 Å². The van der Waals surface area contributed by atoms with Crippen LogP contribution in [0.3, 0.4) is 0 Å². The number of benzene rings is 2. The fourth-order valence-corrected chi connectivity index (χ4v) is 6.05. The number of urea groups is 1. The highest BCUT2D eigenvalue weighted by molar-refractivity contribution is 5.74. The molecule has 0 spiro atoms. The number of carbonyl (C=O) groups is 1. The largest absolute Gasteiger partial charge is 0.395 e. The Hall–Kier alpha value is -2.63. The van der Waals surface area contributed by atoms with Crippen molar-refractivity contribution < 1.29 is 9.90 Å². The second kappa shape index (κ2) is 10.7. The normalized spacial score (nSPS) is 26.0. The van der Waals surface area contributed by atoms with Crippen LogP contribution in [0.5, 0.6) is 0 Å². The van der Waals surface area contributed by atoms with Gasteiger partial charge >= 0.3 is 6.03 Å². The topological polar surface area (TPSA) is 55.8 Å². The molecule has 2 N–H and O–H groups in total. The van der Waals surface area contributed by atoms with E-state index in [4.69, 9.17) is 0 Å². The number of aliphatic hydroxyl groups excluding tert-OH is 1. The van der Waals surface area contributed by atoms with Crippen LogP contribution in [0, 0.1) is 0 Å². The van der Waals surface area contributed by atoms with E-state index in [-0.39, 0.29) is 30.6 Å². The number of nitrogens with zero attached hydrogens (tertiary/aromatic N) is 2. The summed E-state index contributed by atoms with van der Waals surface area (Å²) in [5, 5.41) is 13.5. The molecule has 3 atom stereocenters. The molecule has 5 heteroatoms. The van der Waals surface area contributed by atoms with Crippen LogP contribution in [0.2, 0.25) is 0 Å². The molecule has 0 unspecified atom stereocenters. The Kier molecular flexibility index (Phi) is 7.31. The molecule has 3 fully saturated rings. The molecule has 2 aliphatic heterocycles. The summed E-state index contributed by atoms with van der Waals surface area (Å²) in [7, 11) is 0. The molecule has 5 nitrogen and oxygen atoms in total. The second-order valence-corrected chi connectivity index (χ2v) is 10.1. The SMILES string of the molecule is O=C(NC1CCCC1)N1CCCCN2[C@H](C1)[C@@H](c1ccc(/C=C/c3ccccc3)cc1)[C@@H]2CO. The number of nitrogens with one attached hydrogen (secondary N) is 1. The zero-order valence-corrected chi connectivity index (χ0v) is 20.0. The van der Waals surface area contributed by atoms with Gasteiger partial charge < -0.3 is 15.3 Å². The molecule has 5 rings (SSSR count).